The van der Waals surface area contributed by atoms with Gasteiger partial charge >= 0.3 is 0 Å². The van der Waals surface area contributed by atoms with Gasteiger partial charge < -0.3 is 14.6 Å². The van der Waals surface area contributed by atoms with Crippen LogP contribution in [0.5, 0.6) is 0 Å². The summed E-state index contributed by atoms with van der Waals surface area (Å²) in [6.07, 6.45) is 1.77. The fourth-order valence-electron chi connectivity index (χ4n) is 2.31. The lowest BCUT2D eigenvalue weighted by Gasteiger charge is -2.26. The standard InChI is InChI=1S/C13H20N2O4S/c1-2-15(9-12-4-3-6-19-12)13(16)8-11-10-20(17,18)7-5-14-11/h3-4,6,11,14H,2,5,7-10H2,1H3. The van der Waals surface area contributed by atoms with Crippen molar-refractivity contribution in [2.45, 2.75) is 25.9 Å². The highest BCUT2D eigenvalue weighted by Crippen LogP contribution is 2.10. The van der Waals surface area contributed by atoms with Crippen LogP contribution in [0.2, 0.25) is 0 Å². The van der Waals surface area contributed by atoms with E-state index in [4.69, 9.17) is 4.42 Å². The normalized spacial score (nSPS) is 21.6. The molecule has 6 nitrogen and oxygen atoms in total. The molecule has 1 N–H and O–H groups in total. The van der Waals surface area contributed by atoms with Crippen molar-refractivity contribution in [2.75, 3.05) is 24.6 Å². The van der Waals surface area contributed by atoms with E-state index in [1.54, 1.807) is 17.2 Å². The highest BCUT2D eigenvalue weighted by molar-refractivity contribution is 7.91. The largest absolute Gasteiger partial charge is 0.467 e. The minimum absolute atomic E-state index is 0.0387. The number of carbonyl (C=O) groups is 1. The van der Waals surface area contributed by atoms with Gasteiger partial charge in [0.15, 0.2) is 9.84 Å². The maximum atomic E-state index is 12.2. The van der Waals surface area contributed by atoms with Gasteiger partial charge in [0.2, 0.25) is 5.91 Å². The van der Waals surface area contributed by atoms with E-state index in [-0.39, 0.29) is 29.9 Å². The Hall–Kier alpha value is -1.34. The lowest BCUT2D eigenvalue weighted by Crippen LogP contribution is -2.47. The Kier molecular flexibility index (Phi) is 4.82. The molecule has 7 heteroatoms. The average molecular weight is 300 g/mol. The van der Waals surface area contributed by atoms with Crippen LogP contribution >= 0.6 is 0 Å². The number of hydrogen-bond acceptors (Lipinski definition) is 5. The molecule has 1 fully saturated rings. The zero-order valence-corrected chi connectivity index (χ0v) is 12.4. The number of amides is 1. The number of hydrogen-bond donors (Lipinski definition) is 1. The Balaban J connectivity index is 1.92. The maximum absolute atomic E-state index is 12.2. The van der Waals surface area contributed by atoms with Crippen LogP contribution in [-0.2, 0) is 21.2 Å². The smallest absolute Gasteiger partial charge is 0.224 e. The molecular weight excluding hydrogens is 280 g/mol. The molecule has 2 rings (SSSR count). The van der Waals surface area contributed by atoms with Crippen LogP contribution in [0, 0.1) is 0 Å². The van der Waals surface area contributed by atoms with E-state index < -0.39 is 9.84 Å². The molecule has 0 bridgehead atoms. The summed E-state index contributed by atoms with van der Waals surface area (Å²) in [5, 5.41) is 3.09. The Morgan fingerprint density at radius 1 is 1.55 bits per heavy atom. The SMILES string of the molecule is CCN(Cc1ccco1)C(=O)CC1CS(=O)(=O)CCN1. The molecule has 20 heavy (non-hydrogen) atoms. The third-order valence-corrected chi connectivity index (χ3v) is 5.12. The van der Waals surface area contributed by atoms with E-state index in [9.17, 15) is 13.2 Å². The van der Waals surface area contributed by atoms with Gasteiger partial charge in [0.25, 0.3) is 0 Å². The van der Waals surface area contributed by atoms with Gasteiger partial charge in [-0.15, -0.1) is 0 Å². The molecule has 1 unspecified atom stereocenters. The number of sulfone groups is 1. The van der Waals surface area contributed by atoms with Crippen molar-refractivity contribution in [3.05, 3.63) is 24.2 Å². The van der Waals surface area contributed by atoms with Gasteiger partial charge in [0.05, 0.1) is 24.3 Å². The summed E-state index contributed by atoms with van der Waals surface area (Å²) < 4.78 is 28.4. The summed E-state index contributed by atoms with van der Waals surface area (Å²) in [5.41, 5.74) is 0. The second kappa shape index (κ2) is 6.41. The van der Waals surface area contributed by atoms with Crippen molar-refractivity contribution in [3.63, 3.8) is 0 Å². The molecule has 1 amide bonds. The molecule has 0 spiro atoms. The summed E-state index contributed by atoms with van der Waals surface area (Å²) >= 11 is 0. The summed E-state index contributed by atoms with van der Waals surface area (Å²) in [6.45, 7) is 3.30. The van der Waals surface area contributed by atoms with Crippen molar-refractivity contribution < 1.29 is 17.6 Å². The molecule has 1 saturated heterocycles. The van der Waals surface area contributed by atoms with E-state index in [0.29, 0.717) is 19.6 Å². The fraction of sp³-hybridized carbons (Fsp3) is 0.615. The van der Waals surface area contributed by atoms with Crippen LogP contribution in [0.25, 0.3) is 0 Å². The lowest BCUT2D eigenvalue weighted by atomic mass is 10.2. The molecule has 0 radical (unpaired) electrons. The quantitative estimate of drug-likeness (QED) is 0.852. The van der Waals surface area contributed by atoms with Crippen molar-refractivity contribution in [3.8, 4) is 0 Å². The van der Waals surface area contributed by atoms with E-state index in [2.05, 4.69) is 5.32 Å². The van der Waals surface area contributed by atoms with Gasteiger partial charge in [-0.2, -0.15) is 0 Å². The van der Waals surface area contributed by atoms with Crippen LogP contribution < -0.4 is 5.32 Å². The number of furan rings is 1. The van der Waals surface area contributed by atoms with Crippen molar-refractivity contribution in [1.29, 1.82) is 0 Å². The first-order chi connectivity index (χ1) is 9.50. The third kappa shape index (κ3) is 4.08. The van der Waals surface area contributed by atoms with Gasteiger partial charge in [0, 0.05) is 25.6 Å². The Bertz CT molecular complexity index is 539. The highest BCUT2D eigenvalue weighted by Gasteiger charge is 2.27. The molecule has 1 atom stereocenters. The topological polar surface area (TPSA) is 79.6 Å². The molecule has 1 aliphatic heterocycles. The molecule has 2 heterocycles. The van der Waals surface area contributed by atoms with E-state index in [1.807, 2.05) is 13.0 Å². The van der Waals surface area contributed by atoms with Crippen LogP contribution in [0.1, 0.15) is 19.1 Å². The van der Waals surface area contributed by atoms with E-state index in [1.165, 1.54) is 0 Å². The molecule has 0 aromatic carbocycles. The third-order valence-electron chi connectivity index (χ3n) is 3.38. The summed E-state index contributed by atoms with van der Waals surface area (Å²) in [6, 6.07) is 3.31. The monoisotopic (exact) mass is 300 g/mol. The molecule has 1 aliphatic rings. The number of nitrogens with one attached hydrogen (secondary N) is 1. The number of rotatable bonds is 5. The number of nitrogens with zero attached hydrogens (tertiary/aromatic N) is 1. The van der Waals surface area contributed by atoms with Crippen LogP contribution in [-0.4, -0.2) is 49.9 Å². The molecule has 112 valence electrons. The Morgan fingerprint density at radius 3 is 2.95 bits per heavy atom. The summed E-state index contributed by atoms with van der Waals surface area (Å²) in [7, 11) is -3.01. The first kappa shape index (κ1) is 15.1. The average Bonchev–Trinajstić information content (AvgIpc) is 2.87. The van der Waals surface area contributed by atoms with Crippen molar-refractivity contribution in [1.82, 2.24) is 10.2 Å². The zero-order valence-electron chi connectivity index (χ0n) is 11.5. The predicted octanol–water partition coefficient (Wildman–Crippen LogP) is 0.405. The van der Waals surface area contributed by atoms with E-state index >= 15 is 0 Å². The fourth-order valence-corrected chi connectivity index (χ4v) is 3.75. The molecule has 1 aromatic heterocycles. The molecule has 0 aliphatic carbocycles. The Morgan fingerprint density at radius 2 is 2.35 bits per heavy atom. The Labute approximate surface area is 119 Å². The van der Waals surface area contributed by atoms with Gasteiger partial charge in [-0.3, -0.25) is 4.79 Å². The van der Waals surface area contributed by atoms with Gasteiger partial charge in [0.1, 0.15) is 5.76 Å². The van der Waals surface area contributed by atoms with Crippen LogP contribution in [0.15, 0.2) is 22.8 Å². The number of carbonyl (C=O) groups excluding carboxylic acids is 1. The van der Waals surface area contributed by atoms with Crippen molar-refractivity contribution in [2.24, 2.45) is 0 Å². The summed E-state index contributed by atoms with van der Waals surface area (Å²) in [5.74, 6) is 0.862. The van der Waals surface area contributed by atoms with Gasteiger partial charge in [-0.25, -0.2) is 8.42 Å². The first-order valence-corrected chi connectivity index (χ1v) is 8.56. The van der Waals surface area contributed by atoms with Gasteiger partial charge in [-0.1, -0.05) is 0 Å². The second-order valence-corrected chi connectivity index (χ2v) is 7.19. The minimum atomic E-state index is -3.01. The zero-order chi connectivity index (χ0) is 14.6. The molecule has 1 aromatic rings. The molecular formula is C13H20N2O4S. The lowest BCUT2D eigenvalue weighted by molar-refractivity contribution is -0.132. The first-order valence-electron chi connectivity index (χ1n) is 6.74. The van der Waals surface area contributed by atoms with E-state index in [0.717, 1.165) is 5.76 Å². The predicted molar refractivity (Wildman–Crippen MR) is 74.9 cm³/mol. The highest BCUT2D eigenvalue weighted by atomic mass is 32.2. The van der Waals surface area contributed by atoms with Gasteiger partial charge in [-0.05, 0) is 19.1 Å². The maximum Gasteiger partial charge on any atom is 0.224 e. The van der Waals surface area contributed by atoms with Crippen molar-refractivity contribution >= 4 is 15.7 Å². The molecule has 0 saturated carbocycles. The van der Waals surface area contributed by atoms with Crippen LogP contribution in [0.4, 0.5) is 0 Å². The second-order valence-electron chi connectivity index (χ2n) is 4.96. The minimum Gasteiger partial charge on any atom is -0.467 e. The van der Waals surface area contributed by atoms with Crippen LogP contribution in [0.3, 0.4) is 0 Å². The summed E-state index contributed by atoms with van der Waals surface area (Å²) in [4.78, 5) is 13.9.